The van der Waals surface area contributed by atoms with Crippen LogP contribution in [0.4, 0.5) is 0 Å². The van der Waals surface area contributed by atoms with Crippen molar-refractivity contribution in [2.45, 2.75) is 254 Å². The fourth-order valence-electron chi connectivity index (χ4n) is 18.6. The Morgan fingerprint density at radius 3 is 1.59 bits per heavy atom. The summed E-state index contributed by atoms with van der Waals surface area (Å²) in [6.07, 6.45) is -58.6. The number of aliphatic hydroxyl groups is 17. The first kappa shape index (κ1) is 106. The normalized spacial score (nSPS) is 36.2. The summed E-state index contributed by atoms with van der Waals surface area (Å²) in [5.74, 6) is -17.8. The molecule has 0 radical (unpaired) electrons. The van der Waals surface area contributed by atoms with Crippen molar-refractivity contribution in [3.63, 3.8) is 0 Å². The second kappa shape index (κ2) is 43.6. The number of benzene rings is 7. The van der Waals surface area contributed by atoms with Crippen LogP contribution in [0.2, 0.25) is 0 Å². The van der Waals surface area contributed by atoms with Gasteiger partial charge in [0.05, 0.1) is 51.8 Å². The first-order chi connectivity index (χ1) is 70.0. The number of esters is 1. The number of hydrogen-bond donors (Lipinski definition) is 29. The van der Waals surface area contributed by atoms with Crippen molar-refractivity contribution in [1.29, 1.82) is 0 Å². The van der Waals surface area contributed by atoms with Gasteiger partial charge in [-0.25, -0.2) is 4.79 Å². The maximum absolute atomic E-state index is 17.3. The summed E-state index contributed by atoms with van der Waals surface area (Å²) in [4.78, 5) is 113. The standard InChI is InChI=1S/C95H110N8O44/c1-30-47(109)18-37-20-49(30)139-50-19-35(9-16-46(50)108)59(97)84(125)102-64-68(113)33-5-11-40(12-6-33)137-52-21-38-22-53(81(52)145-95-83(76(121)72(117)56(143-95)29-134-91-78(123)73(118)67(112)32(3)136-91)147-94-82(75(120)71(116)55(27-105)142-94)146-92-77(122)69(114)48(110)28-133-92)138-41-13-7-34(8-14-41)80(144-57-25-44(96)66(111)31(2)135-57)65-89(130)101-63(90(131)132-4)43-23-39(106)24-51(140-93-79(124)74(119)70(115)54(26-104)141-93)58(43)42-17-36(10-15-45(42)107)60(85(126)103-65)98-87(128)62(38)99-86(127)61(37)100-88(64)129/h5-24,31-32,44,48,54-57,59-80,82-83,91-95,104-124H,25-29,96-97H2,1-4H3,(H,98,128)(H,99,127)(H,100,129)(H,101,130)(H,102,125)(H,103,126)/t31-,32-,44+,48+,54+,55-,56+,57+,59-,60+,61-,62+,63-,64+,65-,66-,67-,68+,69+,70+,71-,72+,73+,74-,75+,76-,77-,78+,79-,80+,82+,83+,91?,92-,93+,94-,95-/m0/s1. The SMILES string of the molecule is COC(=O)[C@H]1NC(=O)[C@H]2NC(=O)[C@H](NC(=O)[C@@H]3NC(=O)[C@H]4NC(=O)[C@H](NC(=O)[C@@H](N)c5ccc(O)c(c5)Oc5cc4cc(O)c5C)[C@H](O)c4ccc(cc4)Oc4cc3cc(c4O[C@@H]3O[C@H](COC4O[C@@H](C)[C@H](O)[C@@H](O)[C@H]4O)[C@@H](O)[C@H](O)[C@H]3O[C@@H]3O[C@@H](CO)[C@H](O)[C@@H](O)[C@H]3O[C@@H]3OC[C@@H](O)[C@@H](O)[C@@H]3O)Oc3ccc(cc3)[C@H]2O[C@@H]2C[C@@H](N)[C@@H](O)[C@H](C)O2)c2ccc(O)c(c2)-c2c(O[C@@H]3O[C@H](CO)[C@@H](O)[C@H](O)[C@@H]3O)cc(O)cc21. The van der Waals surface area contributed by atoms with Crippen molar-refractivity contribution in [2.75, 3.05) is 33.5 Å². The van der Waals surface area contributed by atoms with Crippen LogP contribution < -0.4 is 67.1 Å². The van der Waals surface area contributed by atoms with E-state index in [1.165, 1.54) is 51.1 Å². The molecule has 7 aromatic carbocycles. The lowest BCUT2D eigenvalue weighted by Crippen LogP contribution is -2.67. The van der Waals surface area contributed by atoms with Gasteiger partial charge < -0.3 is 226 Å². The number of hydrogen-bond acceptors (Lipinski definition) is 46. The number of phenolic OH excluding ortho intramolecular Hbond substituents is 4. The molecule has 0 aromatic heterocycles. The number of carbonyl (C=O) groups excluding carboxylic acids is 7. The van der Waals surface area contributed by atoms with E-state index in [1.54, 1.807) is 0 Å². The summed E-state index contributed by atoms with van der Waals surface area (Å²) >= 11 is 0. The summed E-state index contributed by atoms with van der Waals surface area (Å²) in [7, 11) is 0.873. The first-order valence-electron chi connectivity index (χ1n) is 46.4. The quantitative estimate of drug-likeness (QED) is 0.0400. The van der Waals surface area contributed by atoms with Crippen molar-refractivity contribution in [2.24, 2.45) is 11.5 Å². The predicted molar refractivity (Wildman–Crippen MR) is 483 cm³/mol. The number of aliphatic hydroxyl groups excluding tert-OH is 17. The molecule has 19 rings (SSSR count). The van der Waals surface area contributed by atoms with Crippen molar-refractivity contribution < 1.29 is 217 Å². The van der Waals surface area contributed by atoms with E-state index in [1.807, 2.05) is 0 Å². The van der Waals surface area contributed by atoms with Crippen molar-refractivity contribution in [1.82, 2.24) is 31.9 Å². The zero-order chi connectivity index (χ0) is 105. The maximum atomic E-state index is 17.3. The van der Waals surface area contributed by atoms with E-state index in [0.29, 0.717) is 0 Å². The van der Waals surface area contributed by atoms with Gasteiger partial charge in [0.2, 0.25) is 53.8 Å². The van der Waals surface area contributed by atoms with Crippen LogP contribution in [-0.4, -0.2) is 366 Å². The number of phenols is 4. The average molecular weight is 2070 g/mol. The molecule has 52 heteroatoms. The van der Waals surface area contributed by atoms with Crippen LogP contribution in [0.3, 0.4) is 0 Å². The highest BCUT2D eigenvalue weighted by atomic mass is 16.8. The van der Waals surface area contributed by atoms with Crippen molar-refractivity contribution >= 4 is 41.4 Å². The number of nitrogens with one attached hydrogen (secondary N) is 6. The van der Waals surface area contributed by atoms with E-state index in [9.17, 15) is 117 Å². The van der Waals surface area contributed by atoms with E-state index in [2.05, 4.69) is 31.9 Å². The maximum Gasteiger partial charge on any atom is 0.333 e. The highest BCUT2D eigenvalue weighted by molar-refractivity contribution is 6.00. The number of carbonyl (C=O) groups is 7. The zero-order valence-electron chi connectivity index (χ0n) is 77.9. The van der Waals surface area contributed by atoms with Crippen LogP contribution in [-0.2, 0) is 85.7 Å². The molecular formula is C95H110N8O44. The monoisotopic (exact) mass is 2070 g/mol. The van der Waals surface area contributed by atoms with Gasteiger partial charge in [0.25, 0.3) is 0 Å². The molecule has 12 aliphatic heterocycles. The number of aromatic hydroxyl groups is 4. The lowest BCUT2D eigenvalue weighted by molar-refractivity contribution is -0.385. The van der Waals surface area contributed by atoms with E-state index >= 15 is 24.0 Å². The van der Waals surface area contributed by atoms with Gasteiger partial charge >= 0.3 is 5.97 Å². The predicted octanol–water partition coefficient (Wildman–Crippen LogP) is -6.50. The van der Waals surface area contributed by atoms with Gasteiger partial charge in [-0.3, -0.25) is 28.8 Å². The van der Waals surface area contributed by atoms with Gasteiger partial charge in [-0.1, -0.05) is 36.4 Å². The zero-order valence-corrected chi connectivity index (χ0v) is 77.9. The second-order valence-electron chi connectivity index (χ2n) is 36.9. The summed E-state index contributed by atoms with van der Waals surface area (Å²) in [6.45, 7) is 0.141. The minimum absolute atomic E-state index is 0.0673. The summed E-state index contributed by atoms with van der Waals surface area (Å²) in [5.41, 5.74) is 9.22. The molecule has 7 aromatic rings. The van der Waals surface area contributed by atoms with Crippen molar-refractivity contribution in [3.05, 3.63) is 166 Å². The van der Waals surface area contributed by atoms with E-state index in [4.69, 9.17) is 87.3 Å². The first-order valence-corrected chi connectivity index (χ1v) is 46.4. The van der Waals surface area contributed by atoms with Gasteiger partial charge in [0, 0.05) is 40.8 Å². The van der Waals surface area contributed by atoms with E-state index in [-0.39, 0.29) is 39.5 Å². The second-order valence-corrected chi connectivity index (χ2v) is 36.9. The highest BCUT2D eigenvalue weighted by Gasteiger charge is 2.57. The molecule has 37 atom stereocenters. The van der Waals surface area contributed by atoms with Gasteiger partial charge in [0.15, 0.2) is 60.3 Å². The number of ether oxygens (including phenoxy) is 16. The number of amides is 6. The fraction of sp³-hybridized carbons (Fsp3) is 0.484. The Hall–Kier alpha value is -12.1. The number of fused-ring (bicyclic) bond motifs is 14. The van der Waals surface area contributed by atoms with E-state index < -0.39 is 386 Å². The van der Waals surface area contributed by atoms with Gasteiger partial charge in [-0.05, 0) is 133 Å². The summed E-state index contributed by atoms with van der Waals surface area (Å²) < 4.78 is 99.8. The topological polar surface area (TPSA) is 816 Å². The fourth-order valence-corrected chi connectivity index (χ4v) is 18.6. The molecule has 12 aliphatic rings. The number of rotatable bonds is 16. The lowest BCUT2D eigenvalue weighted by atomic mass is 9.89. The van der Waals surface area contributed by atoms with Gasteiger partial charge in [0.1, 0.15) is 192 Å². The molecule has 0 saturated carbocycles. The third kappa shape index (κ3) is 21.4. The minimum Gasteiger partial charge on any atom is -0.508 e. The molecule has 12 heterocycles. The summed E-state index contributed by atoms with van der Waals surface area (Å²) in [6, 6.07) is 4.22. The Kier molecular flexibility index (Phi) is 31.5. The average Bonchev–Trinajstić information content (AvgIpc) is 0.742. The van der Waals surface area contributed by atoms with Gasteiger partial charge in [-0.2, -0.15) is 0 Å². The molecule has 147 heavy (non-hydrogen) atoms. The van der Waals surface area contributed by atoms with Crippen LogP contribution in [0.25, 0.3) is 11.1 Å². The lowest BCUT2D eigenvalue weighted by Gasteiger charge is -2.48. The molecule has 17 bridgehead atoms. The molecule has 6 fully saturated rings. The third-order valence-electron chi connectivity index (χ3n) is 27.1. The smallest absolute Gasteiger partial charge is 0.333 e. The molecule has 0 spiro atoms. The highest BCUT2D eigenvalue weighted by Crippen LogP contribution is 2.51. The molecule has 0 aliphatic carbocycles. The number of methoxy groups -OCH3 is 1. The molecule has 6 amide bonds. The van der Waals surface area contributed by atoms with Gasteiger partial charge in [-0.15, -0.1) is 0 Å². The molecule has 1 unspecified atom stereocenters. The molecule has 31 N–H and O–H groups in total. The number of nitrogens with two attached hydrogens (primary N) is 2. The molecule has 52 nitrogen and oxygen atoms in total. The Bertz CT molecular complexity index is 6010. The van der Waals surface area contributed by atoms with Crippen LogP contribution in [0, 0.1) is 6.92 Å². The molecular weight excluding hydrogens is 1960 g/mol. The third-order valence-corrected chi connectivity index (χ3v) is 27.1. The van der Waals surface area contributed by atoms with Crippen LogP contribution in [0.1, 0.15) is 107 Å². The van der Waals surface area contributed by atoms with E-state index in [0.717, 1.165) is 98.1 Å². The van der Waals surface area contributed by atoms with Crippen molar-refractivity contribution in [3.8, 4) is 80.1 Å². The Morgan fingerprint density at radius 1 is 0.429 bits per heavy atom. The van der Waals surface area contributed by atoms with Crippen LogP contribution in [0.5, 0.6) is 69.0 Å². The Balaban J connectivity index is 0.908. The largest absolute Gasteiger partial charge is 0.508 e. The molecule has 794 valence electrons. The van der Waals surface area contributed by atoms with Crippen LogP contribution in [0.15, 0.2) is 121 Å². The molecule has 6 saturated heterocycles. The Labute approximate surface area is 831 Å². The minimum atomic E-state index is -2.60. The Morgan fingerprint density at radius 2 is 0.946 bits per heavy atom. The summed E-state index contributed by atoms with van der Waals surface area (Å²) in [5, 5.41) is 257. The van der Waals surface area contributed by atoms with Crippen LogP contribution >= 0.6 is 0 Å².